The van der Waals surface area contributed by atoms with Gasteiger partial charge >= 0.3 is 5.97 Å². The lowest BCUT2D eigenvalue weighted by atomic mass is 10.2. The van der Waals surface area contributed by atoms with Crippen molar-refractivity contribution in [2.45, 2.75) is 0 Å². The van der Waals surface area contributed by atoms with E-state index in [4.69, 9.17) is 0 Å². The molecule has 0 aliphatic heterocycles. The molecule has 1 rings (SSSR count). The molecule has 0 bridgehead atoms. The number of pyridine rings is 1. The molecule has 0 radical (unpaired) electrons. The highest BCUT2D eigenvalue weighted by Gasteiger charge is 2.04. The number of hydrogen-bond donors (Lipinski definition) is 0. The van der Waals surface area contributed by atoms with Crippen molar-refractivity contribution in [2.24, 2.45) is 0 Å². The van der Waals surface area contributed by atoms with Crippen LogP contribution in [0.3, 0.4) is 0 Å². The van der Waals surface area contributed by atoms with E-state index in [1.165, 1.54) is 13.3 Å². The van der Waals surface area contributed by atoms with Gasteiger partial charge in [-0.05, 0) is 11.6 Å². The summed E-state index contributed by atoms with van der Waals surface area (Å²) in [7, 11) is 1.34. The Bertz CT molecular complexity index is 307. The fraction of sp³-hybridized carbons (Fsp3) is 0.111. The second-order valence-corrected chi connectivity index (χ2v) is 2.20. The number of ether oxygens (including phenoxy) is 1. The van der Waals surface area contributed by atoms with Crippen molar-refractivity contribution in [3.8, 4) is 0 Å². The molecule has 0 saturated carbocycles. The van der Waals surface area contributed by atoms with Gasteiger partial charge in [0.2, 0.25) is 0 Å². The summed E-state index contributed by atoms with van der Waals surface area (Å²) < 4.78 is 4.52. The minimum atomic E-state index is -0.383. The molecule has 62 valence electrons. The van der Waals surface area contributed by atoms with Crippen LogP contribution in [-0.2, 0) is 4.74 Å². The van der Waals surface area contributed by atoms with Gasteiger partial charge in [-0.3, -0.25) is 4.98 Å². The molecule has 12 heavy (non-hydrogen) atoms. The molecular weight excluding hydrogens is 154 g/mol. The number of methoxy groups -OCH3 is 1. The number of nitrogens with zero attached hydrogens (tertiary/aromatic N) is 1. The third-order valence-corrected chi connectivity index (χ3v) is 1.42. The molecule has 0 aromatic carbocycles. The van der Waals surface area contributed by atoms with Crippen LogP contribution in [0.1, 0.15) is 15.9 Å². The Labute approximate surface area is 70.7 Å². The normalized spacial score (nSPS) is 9.08. The van der Waals surface area contributed by atoms with Gasteiger partial charge in [-0.1, -0.05) is 12.7 Å². The predicted molar refractivity (Wildman–Crippen MR) is 45.7 cm³/mol. The average molecular weight is 163 g/mol. The predicted octanol–water partition coefficient (Wildman–Crippen LogP) is 1.51. The molecule has 3 nitrogen and oxygen atoms in total. The largest absolute Gasteiger partial charge is 0.465 e. The number of rotatable bonds is 2. The van der Waals surface area contributed by atoms with E-state index in [0.29, 0.717) is 5.56 Å². The smallest absolute Gasteiger partial charge is 0.339 e. The van der Waals surface area contributed by atoms with Crippen molar-refractivity contribution < 1.29 is 9.53 Å². The van der Waals surface area contributed by atoms with E-state index in [1.807, 2.05) is 0 Å². The van der Waals surface area contributed by atoms with E-state index in [9.17, 15) is 4.79 Å². The number of esters is 1. The molecule has 0 aliphatic carbocycles. The van der Waals surface area contributed by atoms with Crippen LogP contribution in [-0.4, -0.2) is 18.1 Å². The molecule has 1 aromatic heterocycles. The summed E-state index contributed by atoms with van der Waals surface area (Å²) in [6.45, 7) is 3.57. The van der Waals surface area contributed by atoms with Crippen molar-refractivity contribution in [2.75, 3.05) is 7.11 Å². The lowest BCUT2D eigenvalue weighted by molar-refractivity contribution is 0.0600. The Balaban J connectivity index is 3.01. The van der Waals surface area contributed by atoms with Crippen LogP contribution in [0.2, 0.25) is 0 Å². The molecule has 1 aromatic rings. The first-order valence-electron chi connectivity index (χ1n) is 3.43. The second-order valence-electron chi connectivity index (χ2n) is 2.20. The van der Waals surface area contributed by atoms with Crippen LogP contribution in [0.4, 0.5) is 0 Å². The first-order valence-corrected chi connectivity index (χ1v) is 3.43. The summed E-state index contributed by atoms with van der Waals surface area (Å²) in [6.07, 6.45) is 4.71. The number of aromatic nitrogens is 1. The highest BCUT2D eigenvalue weighted by atomic mass is 16.5. The van der Waals surface area contributed by atoms with Gasteiger partial charge in [-0.15, -0.1) is 0 Å². The van der Waals surface area contributed by atoms with Gasteiger partial charge in [-0.25, -0.2) is 4.79 Å². The number of carbonyl (C=O) groups excluding carboxylic acids is 1. The van der Waals surface area contributed by atoms with Crippen LogP contribution in [0.5, 0.6) is 0 Å². The molecule has 0 aliphatic rings. The van der Waals surface area contributed by atoms with E-state index < -0.39 is 0 Å². The maximum Gasteiger partial charge on any atom is 0.339 e. The van der Waals surface area contributed by atoms with E-state index in [0.717, 1.165) is 5.56 Å². The van der Waals surface area contributed by atoms with Crippen LogP contribution < -0.4 is 0 Å². The highest BCUT2D eigenvalue weighted by Crippen LogP contribution is 2.04. The maximum absolute atomic E-state index is 11.0. The molecular formula is C9H9NO2. The summed E-state index contributed by atoms with van der Waals surface area (Å²) in [5.74, 6) is -0.383. The van der Waals surface area contributed by atoms with Crippen LogP contribution in [0.15, 0.2) is 25.0 Å². The second kappa shape index (κ2) is 3.67. The molecule has 0 amide bonds. The zero-order valence-electron chi connectivity index (χ0n) is 6.78. The molecule has 0 saturated heterocycles. The SMILES string of the molecule is C=Cc1cncc(C(=O)OC)c1. The number of hydrogen-bond acceptors (Lipinski definition) is 3. The van der Waals surface area contributed by atoms with E-state index in [-0.39, 0.29) is 5.97 Å². The van der Waals surface area contributed by atoms with Crippen molar-refractivity contribution in [1.29, 1.82) is 0 Å². The topological polar surface area (TPSA) is 39.2 Å². The van der Waals surface area contributed by atoms with Gasteiger partial charge in [0.15, 0.2) is 0 Å². The minimum absolute atomic E-state index is 0.383. The van der Waals surface area contributed by atoms with Crippen LogP contribution >= 0.6 is 0 Å². The fourth-order valence-electron chi connectivity index (χ4n) is 0.799. The Kier molecular flexibility index (Phi) is 2.58. The van der Waals surface area contributed by atoms with Gasteiger partial charge in [0.25, 0.3) is 0 Å². The van der Waals surface area contributed by atoms with Gasteiger partial charge in [0.05, 0.1) is 12.7 Å². The molecule has 0 fully saturated rings. The maximum atomic E-state index is 11.0. The summed E-state index contributed by atoms with van der Waals surface area (Å²) in [4.78, 5) is 14.8. The quantitative estimate of drug-likeness (QED) is 0.620. The van der Waals surface area contributed by atoms with Gasteiger partial charge in [0.1, 0.15) is 0 Å². The van der Waals surface area contributed by atoms with Crippen molar-refractivity contribution in [3.05, 3.63) is 36.2 Å². The third-order valence-electron chi connectivity index (χ3n) is 1.42. The monoisotopic (exact) mass is 163 g/mol. The van der Waals surface area contributed by atoms with E-state index >= 15 is 0 Å². The zero-order chi connectivity index (χ0) is 8.97. The lowest BCUT2D eigenvalue weighted by Gasteiger charge is -1.98. The van der Waals surface area contributed by atoms with Gasteiger partial charge < -0.3 is 4.74 Å². The van der Waals surface area contributed by atoms with Crippen LogP contribution in [0, 0.1) is 0 Å². The first-order chi connectivity index (χ1) is 5.77. The molecule has 3 heteroatoms. The van der Waals surface area contributed by atoms with Gasteiger partial charge in [-0.2, -0.15) is 0 Å². The summed E-state index contributed by atoms with van der Waals surface area (Å²) in [5.41, 5.74) is 1.24. The molecule has 0 N–H and O–H groups in total. The van der Waals surface area contributed by atoms with Crippen molar-refractivity contribution >= 4 is 12.0 Å². The fourth-order valence-corrected chi connectivity index (χ4v) is 0.799. The van der Waals surface area contributed by atoms with E-state index in [2.05, 4.69) is 16.3 Å². The van der Waals surface area contributed by atoms with Crippen molar-refractivity contribution in [1.82, 2.24) is 4.98 Å². The summed E-state index contributed by atoms with van der Waals surface area (Å²) >= 11 is 0. The van der Waals surface area contributed by atoms with Crippen molar-refractivity contribution in [3.63, 3.8) is 0 Å². The third kappa shape index (κ3) is 1.69. The van der Waals surface area contributed by atoms with Crippen LogP contribution in [0.25, 0.3) is 6.08 Å². The Morgan fingerprint density at radius 2 is 2.42 bits per heavy atom. The molecule has 0 spiro atoms. The van der Waals surface area contributed by atoms with Gasteiger partial charge in [0, 0.05) is 12.4 Å². The molecule has 0 unspecified atom stereocenters. The molecule has 1 heterocycles. The first kappa shape index (κ1) is 8.46. The Hall–Kier alpha value is -1.64. The average Bonchev–Trinajstić information content (AvgIpc) is 2.17. The Morgan fingerprint density at radius 1 is 1.67 bits per heavy atom. The highest BCUT2D eigenvalue weighted by molar-refractivity contribution is 5.89. The zero-order valence-corrected chi connectivity index (χ0v) is 6.78. The minimum Gasteiger partial charge on any atom is -0.465 e. The summed E-state index contributed by atoms with van der Waals surface area (Å²) in [6, 6.07) is 1.67. The van der Waals surface area contributed by atoms with E-state index in [1.54, 1.807) is 18.3 Å². The molecule has 0 atom stereocenters. The summed E-state index contributed by atoms with van der Waals surface area (Å²) in [5, 5.41) is 0. The standard InChI is InChI=1S/C9H9NO2/c1-3-7-4-8(6-10-5-7)9(11)12-2/h3-6H,1H2,2H3. The Morgan fingerprint density at radius 3 is 3.00 bits per heavy atom. The number of carbonyl (C=O) groups is 1. The lowest BCUT2D eigenvalue weighted by Crippen LogP contribution is -2.01.